The van der Waals surface area contributed by atoms with Crippen LogP contribution in [0.15, 0.2) is 42.5 Å². The summed E-state index contributed by atoms with van der Waals surface area (Å²) < 4.78 is 31.7. The molecule has 2 atom stereocenters. The number of carbonyl (C=O) groups excluding carboxylic acids is 2. The number of nitrogens with one attached hydrogen (secondary N) is 1. The molecule has 0 saturated carbocycles. The smallest absolute Gasteiger partial charge is 0.242 e. The lowest BCUT2D eigenvalue weighted by Gasteiger charge is -2.30. The number of sulfonamides is 1. The number of halogens is 2. The fourth-order valence-corrected chi connectivity index (χ4v) is 5.05. The van der Waals surface area contributed by atoms with E-state index in [1.165, 1.54) is 9.21 Å². The average molecular weight is 587 g/mol. The Kier molecular flexibility index (Phi) is 12.2. The molecule has 2 aromatic rings. The number of ether oxygens (including phenoxy) is 1. The number of rotatable bonds is 14. The second-order valence-corrected chi connectivity index (χ2v) is 11.9. The average Bonchev–Trinajstić information content (AvgIpc) is 2.86. The molecule has 210 valence electrons. The molecule has 2 amide bonds. The van der Waals surface area contributed by atoms with Crippen molar-refractivity contribution in [3.05, 3.63) is 58.1 Å². The summed E-state index contributed by atoms with van der Waals surface area (Å²) in [7, 11) is -3.59. The SMILES string of the molecule is CCOc1ccc(N(CCCC(=O)N(Cc2ccc(Cl)c(Cl)c2)[C@H](C)C(=O)N[C@H](C)CC)S(C)(=O)=O)cc1. The zero-order chi connectivity index (χ0) is 28.5. The van der Waals surface area contributed by atoms with Crippen LogP contribution in [-0.2, 0) is 26.2 Å². The third-order valence-corrected chi connectivity index (χ3v) is 8.03. The second kappa shape index (κ2) is 14.6. The van der Waals surface area contributed by atoms with Crippen molar-refractivity contribution in [1.29, 1.82) is 0 Å². The van der Waals surface area contributed by atoms with Gasteiger partial charge in [-0.15, -0.1) is 0 Å². The van der Waals surface area contributed by atoms with E-state index in [1.54, 1.807) is 49.4 Å². The molecular weight excluding hydrogens is 549 g/mol. The summed E-state index contributed by atoms with van der Waals surface area (Å²) in [6.45, 7) is 8.17. The van der Waals surface area contributed by atoms with Crippen LogP contribution in [0.2, 0.25) is 10.0 Å². The van der Waals surface area contributed by atoms with Gasteiger partial charge in [-0.2, -0.15) is 0 Å². The molecule has 0 radical (unpaired) electrons. The maximum atomic E-state index is 13.4. The van der Waals surface area contributed by atoms with E-state index in [2.05, 4.69) is 5.32 Å². The molecule has 0 spiro atoms. The van der Waals surface area contributed by atoms with Crippen molar-refractivity contribution in [3.8, 4) is 5.75 Å². The lowest BCUT2D eigenvalue weighted by atomic mass is 10.1. The van der Waals surface area contributed by atoms with Gasteiger partial charge in [-0.25, -0.2) is 8.42 Å². The molecule has 0 heterocycles. The number of hydrogen-bond acceptors (Lipinski definition) is 5. The summed E-state index contributed by atoms with van der Waals surface area (Å²) in [5.41, 5.74) is 1.21. The molecule has 0 saturated heterocycles. The number of carbonyl (C=O) groups is 2. The summed E-state index contributed by atoms with van der Waals surface area (Å²) in [6, 6.07) is 11.0. The van der Waals surface area contributed by atoms with Gasteiger partial charge in [-0.05, 0) is 75.6 Å². The van der Waals surface area contributed by atoms with Gasteiger partial charge in [-0.1, -0.05) is 36.2 Å². The fourth-order valence-electron chi connectivity index (χ4n) is 3.76. The predicted molar refractivity (Wildman–Crippen MR) is 153 cm³/mol. The lowest BCUT2D eigenvalue weighted by Crippen LogP contribution is -2.49. The Morgan fingerprint density at radius 2 is 1.68 bits per heavy atom. The van der Waals surface area contributed by atoms with E-state index in [0.29, 0.717) is 28.1 Å². The van der Waals surface area contributed by atoms with Gasteiger partial charge in [0.15, 0.2) is 0 Å². The molecular formula is C27H37Cl2N3O5S. The van der Waals surface area contributed by atoms with E-state index in [9.17, 15) is 18.0 Å². The lowest BCUT2D eigenvalue weighted by molar-refractivity contribution is -0.140. The third-order valence-electron chi connectivity index (χ3n) is 6.09. The van der Waals surface area contributed by atoms with E-state index < -0.39 is 16.1 Å². The number of anilines is 1. The molecule has 38 heavy (non-hydrogen) atoms. The second-order valence-electron chi connectivity index (χ2n) is 9.13. The molecule has 0 aliphatic heterocycles. The number of benzene rings is 2. The standard InChI is InChI=1S/C27H37Cl2N3O5S/c1-6-19(3)30-27(34)20(4)31(18-21-10-15-24(28)25(29)17-21)26(33)9-8-16-32(38(5,35)36)22-11-13-23(14-12-22)37-7-2/h10-15,17,19-20H,6-9,16,18H2,1-5H3,(H,30,34)/t19-,20-/m1/s1. The third kappa shape index (κ3) is 9.36. The zero-order valence-electron chi connectivity index (χ0n) is 22.5. The molecule has 0 unspecified atom stereocenters. The highest BCUT2D eigenvalue weighted by Crippen LogP contribution is 2.25. The minimum Gasteiger partial charge on any atom is -0.494 e. The molecule has 0 fully saturated rings. The van der Waals surface area contributed by atoms with Crippen LogP contribution in [0.5, 0.6) is 5.75 Å². The van der Waals surface area contributed by atoms with Gasteiger partial charge in [0, 0.05) is 25.6 Å². The van der Waals surface area contributed by atoms with Crippen molar-refractivity contribution in [2.24, 2.45) is 0 Å². The Hall–Kier alpha value is -2.49. The van der Waals surface area contributed by atoms with Gasteiger partial charge in [0.2, 0.25) is 21.8 Å². The Morgan fingerprint density at radius 1 is 1.03 bits per heavy atom. The molecule has 2 aromatic carbocycles. The highest BCUT2D eigenvalue weighted by Gasteiger charge is 2.27. The van der Waals surface area contributed by atoms with Crippen LogP contribution in [0.1, 0.15) is 52.5 Å². The molecule has 0 aliphatic rings. The Bertz CT molecular complexity index is 1190. The Morgan fingerprint density at radius 3 is 2.24 bits per heavy atom. The van der Waals surface area contributed by atoms with Crippen LogP contribution < -0.4 is 14.4 Å². The normalized spacial score (nSPS) is 12.9. The molecule has 0 bridgehead atoms. The summed E-state index contributed by atoms with van der Waals surface area (Å²) in [5.74, 6) is 0.102. The monoisotopic (exact) mass is 585 g/mol. The van der Waals surface area contributed by atoms with Crippen molar-refractivity contribution in [2.45, 2.75) is 65.6 Å². The van der Waals surface area contributed by atoms with Crippen molar-refractivity contribution in [3.63, 3.8) is 0 Å². The minimum atomic E-state index is -3.59. The largest absolute Gasteiger partial charge is 0.494 e. The van der Waals surface area contributed by atoms with Crippen LogP contribution in [0, 0.1) is 0 Å². The number of nitrogens with zero attached hydrogens (tertiary/aromatic N) is 2. The topological polar surface area (TPSA) is 96.0 Å². The maximum absolute atomic E-state index is 13.4. The summed E-state index contributed by atoms with van der Waals surface area (Å²) in [6.07, 6.45) is 2.19. The first-order valence-electron chi connectivity index (χ1n) is 12.6. The molecule has 8 nitrogen and oxygen atoms in total. The molecule has 0 aliphatic carbocycles. The van der Waals surface area contributed by atoms with Gasteiger partial charge in [0.25, 0.3) is 0 Å². The quantitative estimate of drug-likeness (QED) is 0.326. The van der Waals surface area contributed by atoms with Gasteiger partial charge >= 0.3 is 0 Å². The molecule has 2 rings (SSSR count). The van der Waals surface area contributed by atoms with Crippen LogP contribution in [0.25, 0.3) is 0 Å². The number of hydrogen-bond donors (Lipinski definition) is 1. The first-order valence-corrected chi connectivity index (χ1v) is 15.2. The van der Waals surface area contributed by atoms with Gasteiger partial charge < -0.3 is 15.0 Å². The molecule has 11 heteroatoms. The maximum Gasteiger partial charge on any atom is 0.242 e. The van der Waals surface area contributed by atoms with E-state index >= 15 is 0 Å². The highest BCUT2D eigenvalue weighted by molar-refractivity contribution is 7.92. The van der Waals surface area contributed by atoms with Gasteiger partial charge in [0.05, 0.1) is 28.6 Å². The number of amides is 2. The first-order chi connectivity index (χ1) is 17.9. The van der Waals surface area contributed by atoms with Crippen molar-refractivity contribution >= 4 is 50.7 Å². The van der Waals surface area contributed by atoms with E-state index in [-0.39, 0.29) is 43.8 Å². The van der Waals surface area contributed by atoms with Crippen molar-refractivity contribution in [2.75, 3.05) is 23.7 Å². The Labute approximate surface area is 236 Å². The molecule has 1 N–H and O–H groups in total. The van der Waals surface area contributed by atoms with E-state index in [0.717, 1.165) is 18.2 Å². The zero-order valence-corrected chi connectivity index (χ0v) is 24.9. The van der Waals surface area contributed by atoms with Crippen molar-refractivity contribution in [1.82, 2.24) is 10.2 Å². The summed E-state index contributed by atoms with van der Waals surface area (Å²) in [5, 5.41) is 3.67. The van der Waals surface area contributed by atoms with Crippen LogP contribution >= 0.6 is 23.2 Å². The van der Waals surface area contributed by atoms with Gasteiger partial charge in [0.1, 0.15) is 11.8 Å². The van der Waals surface area contributed by atoms with Gasteiger partial charge in [-0.3, -0.25) is 13.9 Å². The van der Waals surface area contributed by atoms with Crippen LogP contribution in [0.3, 0.4) is 0 Å². The Balaban J connectivity index is 2.19. The molecule has 0 aromatic heterocycles. The van der Waals surface area contributed by atoms with Crippen molar-refractivity contribution < 1.29 is 22.7 Å². The van der Waals surface area contributed by atoms with E-state index in [1.807, 2.05) is 20.8 Å². The summed E-state index contributed by atoms with van der Waals surface area (Å²) >= 11 is 12.2. The predicted octanol–water partition coefficient (Wildman–Crippen LogP) is 5.27. The van der Waals surface area contributed by atoms with E-state index in [4.69, 9.17) is 27.9 Å². The van der Waals surface area contributed by atoms with Crippen LogP contribution in [-0.4, -0.2) is 56.6 Å². The fraction of sp³-hybridized carbons (Fsp3) is 0.481. The minimum absolute atomic E-state index is 0.0377. The first kappa shape index (κ1) is 31.7. The van der Waals surface area contributed by atoms with Crippen LogP contribution in [0.4, 0.5) is 5.69 Å². The summed E-state index contributed by atoms with van der Waals surface area (Å²) in [4.78, 5) is 27.8. The highest BCUT2D eigenvalue weighted by atomic mass is 35.5.